The Labute approximate surface area is 221 Å². The quantitative estimate of drug-likeness (QED) is 0.0984. The van der Waals surface area contributed by atoms with E-state index in [0.29, 0.717) is 11.5 Å². The van der Waals surface area contributed by atoms with Crippen molar-refractivity contribution in [1.29, 1.82) is 0 Å². The molecule has 3 N–H and O–H groups in total. The summed E-state index contributed by atoms with van der Waals surface area (Å²) >= 11 is 0. The van der Waals surface area contributed by atoms with E-state index in [1.165, 1.54) is 87.2 Å². The van der Waals surface area contributed by atoms with E-state index in [2.05, 4.69) is 23.9 Å². The number of methoxy groups -OCH3 is 2. The molecule has 0 aliphatic heterocycles. The number of carbonyl (C=O) groups is 3. The van der Waals surface area contributed by atoms with Crippen LogP contribution in [-0.2, 0) is 23.9 Å². The Balaban J connectivity index is 4.75. The number of carbonyl (C=O) groups excluding carboxylic acids is 3. The zero-order valence-corrected chi connectivity index (χ0v) is 24.1. The van der Waals surface area contributed by atoms with Crippen LogP contribution >= 0.6 is 21.6 Å². The van der Waals surface area contributed by atoms with Gasteiger partial charge in [0.25, 0.3) is 0 Å². The van der Waals surface area contributed by atoms with Crippen molar-refractivity contribution in [3.05, 3.63) is 0 Å². The average molecular weight is 535 g/mol. The molecular formula is C26H50N2O5S2. The van der Waals surface area contributed by atoms with Gasteiger partial charge in [-0.3, -0.25) is 9.59 Å². The minimum Gasteiger partial charge on any atom is -0.468 e. The molecular weight excluding hydrogens is 484 g/mol. The summed E-state index contributed by atoms with van der Waals surface area (Å²) in [5.74, 6) is -0.358. The highest BCUT2D eigenvalue weighted by Gasteiger charge is 2.26. The summed E-state index contributed by atoms with van der Waals surface area (Å²) < 4.78 is 9.55. The topological polar surface area (TPSA) is 108 Å². The normalized spacial score (nSPS) is 13.6. The first-order valence-corrected chi connectivity index (χ1v) is 15.9. The number of ether oxygens (including phenoxy) is 2. The van der Waals surface area contributed by atoms with Crippen LogP contribution in [0.5, 0.6) is 0 Å². The third-order valence-corrected chi connectivity index (χ3v) is 8.50. The van der Waals surface area contributed by atoms with Crippen LogP contribution in [0, 0.1) is 5.92 Å². The molecule has 206 valence electrons. The third-order valence-electron chi connectivity index (χ3n) is 6.05. The summed E-state index contributed by atoms with van der Waals surface area (Å²) in [6.45, 7) is 4.42. The van der Waals surface area contributed by atoms with Crippen molar-refractivity contribution < 1.29 is 23.9 Å². The van der Waals surface area contributed by atoms with Gasteiger partial charge in [0, 0.05) is 17.4 Å². The lowest BCUT2D eigenvalue weighted by Crippen LogP contribution is -2.45. The second-order valence-corrected chi connectivity index (χ2v) is 11.6. The van der Waals surface area contributed by atoms with E-state index in [1.54, 1.807) is 0 Å². The molecule has 2 unspecified atom stereocenters. The van der Waals surface area contributed by atoms with Crippen molar-refractivity contribution in [3.8, 4) is 0 Å². The van der Waals surface area contributed by atoms with Gasteiger partial charge in [0.2, 0.25) is 5.91 Å². The summed E-state index contributed by atoms with van der Waals surface area (Å²) in [5, 5.41) is 2.94. The van der Waals surface area contributed by atoms with Gasteiger partial charge in [-0.05, 0) is 12.8 Å². The standard InChI is InChI=1S/C26H50N2O5S2/c1-5-7-9-11-12-14-16-18-21(17-15-13-10-8-6-2)24(29)28-23(26(31)33-4)20-35-34-19-22(27)25(30)32-3/h21-23H,5-20,27H2,1-4H3,(H,28,29)/t21?,22?,23-/m0/s1. The second kappa shape index (κ2) is 23.5. The smallest absolute Gasteiger partial charge is 0.329 e. The number of nitrogens with one attached hydrogen (secondary N) is 1. The van der Waals surface area contributed by atoms with Crippen molar-refractivity contribution >= 4 is 39.4 Å². The van der Waals surface area contributed by atoms with E-state index in [9.17, 15) is 14.4 Å². The first-order chi connectivity index (χ1) is 16.9. The largest absolute Gasteiger partial charge is 0.468 e. The Bertz CT molecular complexity index is 566. The van der Waals surface area contributed by atoms with Crippen LogP contribution in [0.15, 0.2) is 0 Å². The van der Waals surface area contributed by atoms with E-state index in [1.807, 2.05) is 0 Å². The minimum absolute atomic E-state index is 0.0567. The number of hydrogen-bond donors (Lipinski definition) is 2. The van der Waals surface area contributed by atoms with Gasteiger partial charge in [0.05, 0.1) is 14.2 Å². The van der Waals surface area contributed by atoms with Gasteiger partial charge in [0.15, 0.2) is 0 Å². The molecule has 0 aliphatic carbocycles. The van der Waals surface area contributed by atoms with E-state index < -0.39 is 24.0 Å². The fourth-order valence-electron chi connectivity index (χ4n) is 3.81. The predicted molar refractivity (Wildman–Crippen MR) is 148 cm³/mol. The fourth-order valence-corrected chi connectivity index (χ4v) is 6.06. The van der Waals surface area contributed by atoms with Gasteiger partial charge >= 0.3 is 11.9 Å². The lowest BCUT2D eigenvalue weighted by atomic mass is 9.93. The van der Waals surface area contributed by atoms with Crippen LogP contribution in [0.1, 0.15) is 104 Å². The fraction of sp³-hybridized carbons (Fsp3) is 0.885. The molecule has 0 bridgehead atoms. The number of nitrogens with two attached hydrogens (primary N) is 1. The first-order valence-electron chi connectivity index (χ1n) is 13.4. The molecule has 0 heterocycles. The highest BCUT2D eigenvalue weighted by atomic mass is 33.1. The maximum absolute atomic E-state index is 13.2. The number of unbranched alkanes of at least 4 members (excludes halogenated alkanes) is 10. The van der Waals surface area contributed by atoms with Crippen molar-refractivity contribution in [2.24, 2.45) is 11.7 Å². The SMILES string of the molecule is CCCCCCCCCC(CCCCCCC)C(=O)N[C@@H](CSSCC(N)C(=O)OC)C(=O)OC. The highest BCUT2D eigenvalue weighted by molar-refractivity contribution is 8.76. The van der Waals surface area contributed by atoms with Gasteiger partial charge in [-0.25, -0.2) is 4.79 Å². The summed E-state index contributed by atoms with van der Waals surface area (Å²) in [7, 11) is 5.39. The molecule has 35 heavy (non-hydrogen) atoms. The van der Waals surface area contributed by atoms with Crippen molar-refractivity contribution in [3.63, 3.8) is 0 Å². The molecule has 0 aromatic heterocycles. The van der Waals surface area contributed by atoms with Crippen LogP contribution in [0.3, 0.4) is 0 Å². The summed E-state index contributed by atoms with van der Waals surface area (Å²) in [6.07, 6.45) is 16.0. The zero-order valence-electron chi connectivity index (χ0n) is 22.5. The second-order valence-electron chi connectivity index (χ2n) is 9.09. The van der Waals surface area contributed by atoms with Crippen molar-refractivity contribution in [2.45, 2.75) is 116 Å². The first kappa shape index (κ1) is 34.1. The van der Waals surface area contributed by atoms with Crippen LogP contribution < -0.4 is 11.1 Å². The molecule has 0 aromatic rings. The highest BCUT2D eigenvalue weighted by Crippen LogP contribution is 2.24. The van der Waals surface area contributed by atoms with Gasteiger partial charge in [-0.1, -0.05) is 112 Å². The Morgan fingerprint density at radius 1 is 0.714 bits per heavy atom. The van der Waals surface area contributed by atoms with Crippen molar-refractivity contribution in [2.75, 3.05) is 25.7 Å². The maximum atomic E-state index is 13.2. The Morgan fingerprint density at radius 3 is 1.66 bits per heavy atom. The van der Waals surface area contributed by atoms with Crippen molar-refractivity contribution in [1.82, 2.24) is 5.32 Å². The Morgan fingerprint density at radius 2 is 1.17 bits per heavy atom. The number of hydrogen-bond acceptors (Lipinski definition) is 8. The molecule has 0 rings (SSSR count). The zero-order chi connectivity index (χ0) is 26.3. The van der Waals surface area contributed by atoms with E-state index in [0.717, 1.165) is 38.5 Å². The molecule has 3 atom stereocenters. The van der Waals surface area contributed by atoms with Crippen LogP contribution in [0.2, 0.25) is 0 Å². The Hall–Kier alpha value is -0.930. The number of esters is 2. The maximum Gasteiger partial charge on any atom is 0.329 e. The van der Waals surface area contributed by atoms with E-state index in [4.69, 9.17) is 10.5 Å². The molecule has 1 amide bonds. The monoisotopic (exact) mass is 534 g/mol. The van der Waals surface area contributed by atoms with Gasteiger partial charge < -0.3 is 20.5 Å². The summed E-state index contributed by atoms with van der Waals surface area (Å²) in [4.78, 5) is 36.9. The molecule has 7 nitrogen and oxygen atoms in total. The Kier molecular flexibility index (Phi) is 22.8. The van der Waals surface area contributed by atoms with Gasteiger partial charge in [-0.2, -0.15) is 0 Å². The van der Waals surface area contributed by atoms with E-state index in [-0.39, 0.29) is 11.8 Å². The molecule has 0 fully saturated rings. The molecule has 9 heteroatoms. The van der Waals surface area contributed by atoms with Crippen LogP contribution in [0.4, 0.5) is 0 Å². The molecule has 0 saturated carbocycles. The average Bonchev–Trinajstić information content (AvgIpc) is 2.87. The van der Waals surface area contributed by atoms with Crippen LogP contribution in [-0.4, -0.2) is 55.7 Å². The summed E-state index contributed by atoms with van der Waals surface area (Å²) in [5.41, 5.74) is 5.75. The van der Waals surface area contributed by atoms with Gasteiger partial charge in [0.1, 0.15) is 12.1 Å². The van der Waals surface area contributed by atoms with Crippen LogP contribution in [0.25, 0.3) is 0 Å². The summed E-state index contributed by atoms with van der Waals surface area (Å²) in [6, 6.07) is -1.45. The van der Waals surface area contributed by atoms with E-state index >= 15 is 0 Å². The number of amides is 1. The molecule has 0 spiro atoms. The predicted octanol–water partition coefficient (Wildman–Crippen LogP) is 5.64. The molecule has 0 radical (unpaired) electrons. The van der Waals surface area contributed by atoms with Gasteiger partial charge in [-0.15, -0.1) is 0 Å². The minimum atomic E-state index is -0.726. The molecule has 0 aromatic carbocycles. The number of rotatable bonds is 23. The molecule has 0 aliphatic rings. The lowest BCUT2D eigenvalue weighted by molar-refractivity contribution is -0.145. The third kappa shape index (κ3) is 18.0. The lowest BCUT2D eigenvalue weighted by Gasteiger charge is -2.21. The molecule has 0 saturated heterocycles.